The van der Waals surface area contributed by atoms with Crippen molar-refractivity contribution >= 4 is 11.8 Å². The minimum atomic E-state index is -0.708. The molecule has 0 fully saturated rings. The summed E-state index contributed by atoms with van der Waals surface area (Å²) in [4.78, 5) is 22.4. The van der Waals surface area contributed by atoms with Gasteiger partial charge in [-0.2, -0.15) is 0 Å². The van der Waals surface area contributed by atoms with E-state index >= 15 is 0 Å². The summed E-state index contributed by atoms with van der Waals surface area (Å²) >= 11 is 0. The number of rotatable bonds is 10. The second kappa shape index (κ2) is 10.0. The van der Waals surface area contributed by atoms with Gasteiger partial charge in [0.2, 0.25) is 5.78 Å². The van der Waals surface area contributed by atoms with E-state index in [9.17, 15) is 9.59 Å². The summed E-state index contributed by atoms with van der Waals surface area (Å²) in [6.45, 7) is 2.62. The molecule has 1 rings (SSSR count). The Morgan fingerprint density at radius 1 is 1.00 bits per heavy atom. The number of Topliss-reactive ketones (excluding diaryl/α,β-unsaturated/α-hetero) is 1. The third-order valence-electron chi connectivity index (χ3n) is 2.81. The van der Waals surface area contributed by atoms with Crippen molar-refractivity contribution in [1.82, 2.24) is 0 Å². The van der Waals surface area contributed by atoms with Crippen LogP contribution >= 0.6 is 0 Å². The molecule has 0 aliphatic rings. The van der Waals surface area contributed by atoms with E-state index in [4.69, 9.17) is 4.74 Å². The molecule has 110 valence electrons. The molecular formula is C16H22O4. The van der Waals surface area contributed by atoms with Gasteiger partial charge in [-0.15, -0.1) is 0 Å². The van der Waals surface area contributed by atoms with Crippen molar-refractivity contribution < 1.29 is 19.1 Å². The molecule has 1 aromatic carbocycles. The molecule has 0 heterocycles. The Morgan fingerprint density at radius 3 is 2.40 bits per heavy atom. The Morgan fingerprint density at radius 2 is 1.70 bits per heavy atom. The van der Waals surface area contributed by atoms with Gasteiger partial charge in [-0.1, -0.05) is 31.0 Å². The summed E-state index contributed by atoms with van der Waals surface area (Å²) in [6.07, 6.45) is 3.86. The van der Waals surface area contributed by atoms with Crippen LogP contribution in [0.5, 0.6) is 5.75 Å². The van der Waals surface area contributed by atoms with Crippen LogP contribution in [0.1, 0.15) is 39.0 Å². The Bertz CT molecular complexity index is 400. The third-order valence-corrected chi connectivity index (χ3v) is 2.81. The molecule has 0 radical (unpaired) electrons. The normalized spacial score (nSPS) is 10.1. The first-order valence-electron chi connectivity index (χ1n) is 7.12. The summed E-state index contributed by atoms with van der Waals surface area (Å²) in [5, 5.41) is 0. The van der Waals surface area contributed by atoms with Gasteiger partial charge in [0, 0.05) is 6.42 Å². The number of ketones is 1. The number of esters is 1. The van der Waals surface area contributed by atoms with E-state index in [1.165, 1.54) is 0 Å². The average Bonchev–Trinajstić information content (AvgIpc) is 2.47. The topological polar surface area (TPSA) is 52.6 Å². The van der Waals surface area contributed by atoms with Gasteiger partial charge in [-0.3, -0.25) is 4.79 Å². The number of para-hydroxylation sites is 1. The van der Waals surface area contributed by atoms with Crippen molar-refractivity contribution in [3.8, 4) is 5.75 Å². The highest BCUT2D eigenvalue weighted by atomic mass is 16.5. The second-order valence-corrected chi connectivity index (χ2v) is 4.47. The maximum Gasteiger partial charge on any atom is 0.374 e. The molecule has 0 aliphatic carbocycles. The molecular weight excluding hydrogens is 256 g/mol. The predicted octanol–water partition coefficient (Wildman–Crippen LogP) is 3.15. The van der Waals surface area contributed by atoms with E-state index in [-0.39, 0.29) is 13.0 Å². The highest BCUT2D eigenvalue weighted by molar-refractivity contribution is 6.33. The smallest absolute Gasteiger partial charge is 0.374 e. The number of carbonyl (C=O) groups is 2. The van der Waals surface area contributed by atoms with Crippen molar-refractivity contribution in [2.24, 2.45) is 0 Å². The quantitative estimate of drug-likeness (QED) is 0.375. The zero-order valence-electron chi connectivity index (χ0n) is 12.0. The lowest BCUT2D eigenvalue weighted by atomic mass is 10.1. The van der Waals surface area contributed by atoms with Gasteiger partial charge in [-0.25, -0.2) is 4.79 Å². The molecule has 0 saturated heterocycles. The minimum Gasteiger partial charge on any atom is -0.494 e. The van der Waals surface area contributed by atoms with Crippen LogP contribution in [0.3, 0.4) is 0 Å². The Labute approximate surface area is 120 Å². The summed E-state index contributed by atoms with van der Waals surface area (Å²) in [7, 11) is 0. The van der Waals surface area contributed by atoms with Crippen LogP contribution < -0.4 is 4.74 Å². The fraction of sp³-hybridized carbons (Fsp3) is 0.500. The van der Waals surface area contributed by atoms with Gasteiger partial charge in [-0.05, 0) is 31.9 Å². The third kappa shape index (κ3) is 6.92. The van der Waals surface area contributed by atoms with Gasteiger partial charge in [0.25, 0.3) is 0 Å². The largest absolute Gasteiger partial charge is 0.494 e. The molecule has 0 spiro atoms. The zero-order valence-corrected chi connectivity index (χ0v) is 12.0. The monoisotopic (exact) mass is 278 g/mol. The maximum absolute atomic E-state index is 11.3. The van der Waals surface area contributed by atoms with E-state index in [0.717, 1.165) is 31.4 Å². The van der Waals surface area contributed by atoms with Gasteiger partial charge in [0.15, 0.2) is 0 Å². The Hall–Kier alpha value is -1.84. The van der Waals surface area contributed by atoms with Crippen molar-refractivity contribution in [2.45, 2.75) is 39.0 Å². The number of carbonyl (C=O) groups excluding carboxylic acids is 2. The molecule has 0 aliphatic heterocycles. The summed E-state index contributed by atoms with van der Waals surface area (Å²) in [5.74, 6) is -0.253. The van der Waals surface area contributed by atoms with Gasteiger partial charge in [0.05, 0.1) is 13.2 Å². The SMILES string of the molecule is CCOC(=O)C(=O)CCCCCCOc1ccccc1. The molecule has 4 heteroatoms. The van der Waals surface area contributed by atoms with Crippen LogP contribution in [0.15, 0.2) is 30.3 Å². The first kappa shape index (κ1) is 16.2. The first-order valence-corrected chi connectivity index (χ1v) is 7.12. The molecule has 0 aromatic heterocycles. The number of unbranched alkanes of at least 4 members (excludes halogenated alkanes) is 3. The second-order valence-electron chi connectivity index (χ2n) is 4.47. The molecule has 0 unspecified atom stereocenters. The van der Waals surface area contributed by atoms with Gasteiger partial charge >= 0.3 is 5.97 Å². The Balaban J connectivity index is 1.97. The molecule has 0 bridgehead atoms. The van der Waals surface area contributed by atoms with Crippen LogP contribution in [0, 0.1) is 0 Å². The number of hydrogen-bond donors (Lipinski definition) is 0. The standard InChI is InChI=1S/C16H22O4/c1-2-19-16(18)15(17)12-8-3-4-9-13-20-14-10-6-5-7-11-14/h5-7,10-11H,2-4,8-9,12-13H2,1H3. The summed E-state index contributed by atoms with van der Waals surface area (Å²) in [6, 6.07) is 9.69. The molecule has 0 atom stereocenters. The predicted molar refractivity (Wildman–Crippen MR) is 76.7 cm³/mol. The lowest BCUT2D eigenvalue weighted by molar-refractivity contribution is -0.153. The van der Waals surface area contributed by atoms with E-state index in [2.05, 4.69) is 4.74 Å². The van der Waals surface area contributed by atoms with E-state index in [1.54, 1.807) is 6.92 Å². The van der Waals surface area contributed by atoms with Crippen molar-refractivity contribution in [3.05, 3.63) is 30.3 Å². The number of ether oxygens (including phenoxy) is 2. The van der Waals surface area contributed by atoms with E-state index in [1.807, 2.05) is 30.3 Å². The van der Waals surface area contributed by atoms with E-state index < -0.39 is 11.8 Å². The van der Waals surface area contributed by atoms with E-state index in [0.29, 0.717) is 6.61 Å². The summed E-state index contributed by atoms with van der Waals surface area (Å²) < 4.78 is 10.2. The molecule has 0 N–H and O–H groups in total. The highest BCUT2D eigenvalue weighted by Crippen LogP contribution is 2.10. The van der Waals surface area contributed by atoms with Gasteiger partial charge < -0.3 is 9.47 Å². The average molecular weight is 278 g/mol. The number of hydrogen-bond acceptors (Lipinski definition) is 4. The molecule has 1 aromatic rings. The highest BCUT2D eigenvalue weighted by Gasteiger charge is 2.13. The molecule has 4 nitrogen and oxygen atoms in total. The van der Waals surface area contributed by atoms with Crippen molar-refractivity contribution in [2.75, 3.05) is 13.2 Å². The van der Waals surface area contributed by atoms with Crippen LogP contribution in [-0.2, 0) is 14.3 Å². The molecule has 20 heavy (non-hydrogen) atoms. The van der Waals surface area contributed by atoms with Gasteiger partial charge in [0.1, 0.15) is 5.75 Å². The van der Waals surface area contributed by atoms with Crippen LogP contribution in [0.4, 0.5) is 0 Å². The molecule has 0 amide bonds. The molecule has 0 saturated carbocycles. The van der Waals surface area contributed by atoms with Crippen LogP contribution in [-0.4, -0.2) is 25.0 Å². The number of benzene rings is 1. The first-order chi connectivity index (χ1) is 9.74. The van der Waals surface area contributed by atoms with Crippen LogP contribution in [0.2, 0.25) is 0 Å². The zero-order chi connectivity index (χ0) is 14.6. The maximum atomic E-state index is 11.3. The lowest BCUT2D eigenvalue weighted by Crippen LogP contribution is -2.16. The van der Waals surface area contributed by atoms with Crippen LogP contribution in [0.25, 0.3) is 0 Å². The fourth-order valence-corrected chi connectivity index (χ4v) is 1.76. The van der Waals surface area contributed by atoms with Crippen molar-refractivity contribution in [1.29, 1.82) is 0 Å². The lowest BCUT2D eigenvalue weighted by Gasteiger charge is -2.05. The fourth-order valence-electron chi connectivity index (χ4n) is 1.76. The van der Waals surface area contributed by atoms with Crippen molar-refractivity contribution in [3.63, 3.8) is 0 Å². The Kier molecular flexibility index (Phi) is 8.11. The minimum absolute atomic E-state index is 0.251. The summed E-state index contributed by atoms with van der Waals surface area (Å²) in [5.41, 5.74) is 0.